The monoisotopic (exact) mass is 519 g/mol. The summed E-state index contributed by atoms with van der Waals surface area (Å²) in [6, 6.07) is 11.8. The van der Waals surface area contributed by atoms with Crippen LogP contribution in [-0.2, 0) is 4.79 Å². The predicted octanol–water partition coefficient (Wildman–Crippen LogP) is 3.90. The van der Waals surface area contributed by atoms with Gasteiger partial charge in [-0.3, -0.25) is 9.59 Å². The van der Waals surface area contributed by atoms with Crippen molar-refractivity contribution in [2.24, 2.45) is 0 Å². The second-order valence-electron chi connectivity index (χ2n) is 9.73. The van der Waals surface area contributed by atoms with Gasteiger partial charge in [0.15, 0.2) is 6.61 Å². The number of amides is 2. The first-order valence-electron chi connectivity index (χ1n) is 12.9. The van der Waals surface area contributed by atoms with Crippen LogP contribution in [0.15, 0.2) is 48.0 Å². The zero-order valence-corrected chi connectivity index (χ0v) is 22.2. The molecule has 194 valence electrons. The van der Waals surface area contributed by atoms with Crippen LogP contribution in [0.3, 0.4) is 0 Å². The maximum atomic E-state index is 13.1. The summed E-state index contributed by atoms with van der Waals surface area (Å²) in [6.45, 7) is 8.35. The first-order chi connectivity index (χ1) is 18.0. The highest BCUT2D eigenvalue weighted by atomic mass is 32.1. The summed E-state index contributed by atoms with van der Waals surface area (Å²) in [5.74, 6) is 1.96. The van der Waals surface area contributed by atoms with E-state index in [0.29, 0.717) is 31.9 Å². The van der Waals surface area contributed by atoms with Crippen LogP contribution >= 0.6 is 11.3 Å². The smallest absolute Gasteiger partial charge is 0.273 e. The Kier molecular flexibility index (Phi) is 7.69. The molecule has 4 heterocycles. The summed E-state index contributed by atoms with van der Waals surface area (Å²) in [7, 11) is 0. The second-order valence-corrected chi connectivity index (χ2v) is 10.6. The molecule has 0 bridgehead atoms. The Balaban J connectivity index is 1.09. The van der Waals surface area contributed by atoms with Gasteiger partial charge in [0.25, 0.3) is 11.8 Å². The van der Waals surface area contributed by atoms with Crippen LogP contribution < -0.4 is 9.64 Å². The van der Waals surface area contributed by atoms with Crippen LogP contribution in [0, 0.1) is 13.8 Å². The minimum atomic E-state index is -0.000671. The normalized spacial score (nSPS) is 16.6. The summed E-state index contributed by atoms with van der Waals surface area (Å²) in [5, 5.41) is 2.88. The number of aryl methyl sites for hydroxylation is 2. The highest BCUT2D eigenvalue weighted by Crippen LogP contribution is 2.31. The number of rotatable bonds is 6. The molecule has 2 aromatic heterocycles. The molecule has 2 amide bonds. The first-order valence-corrected chi connectivity index (χ1v) is 13.7. The summed E-state index contributed by atoms with van der Waals surface area (Å²) >= 11 is 1.56. The molecule has 2 aliphatic rings. The van der Waals surface area contributed by atoms with Gasteiger partial charge in [-0.1, -0.05) is 12.1 Å². The molecule has 0 unspecified atom stereocenters. The van der Waals surface area contributed by atoms with E-state index in [4.69, 9.17) is 9.72 Å². The van der Waals surface area contributed by atoms with Crippen LogP contribution in [0.4, 0.5) is 5.82 Å². The van der Waals surface area contributed by atoms with Gasteiger partial charge in [0, 0.05) is 56.8 Å². The number of thiazole rings is 1. The Morgan fingerprint density at radius 1 is 0.973 bits per heavy atom. The van der Waals surface area contributed by atoms with E-state index >= 15 is 0 Å². The number of pyridine rings is 1. The number of likely N-dealkylation sites (tertiary alicyclic amines) is 1. The van der Waals surface area contributed by atoms with Gasteiger partial charge in [-0.2, -0.15) is 0 Å². The summed E-state index contributed by atoms with van der Waals surface area (Å²) in [6.07, 6.45) is 3.49. The fourth-order valence-electron chi connectivity index (χ4n) is 4.83. The van der Waals surface area contributed by atoms with Crippen LogP contribution in [0.5, 0.6) is 5.75 Å². The maximum absolute atomic E-state index is 13.1. The van der Waals surface area contributed by atoms with Gasteiger partial charge >= 0.3 is 0 Å². The zero-order valence-electron chi connectivity index (χ0n) is 21.4. The van der Waals surface area contributed by atoms with Gasteiger partial charge in [-0.05, 0) is 62.1 Å². The van der Waals surface area contributed by atoms with E-state index < -0.39 is 0 Å². The minimum absolute atomic E-state index is 0.000671. The molecule has 9 heteroatoms. The molecule has 0 saturated carbocycles. The number of hydrogen-bond acceptors (Lipinski definition) is 7. The highest BCUT2D eigenvalue weighted by Gasteiger charge is 2.28. The predicted molar refractivity (Wildman–Crippen MR) is 144 cm³/mol. The average Bonchev–Trinajstić information content (AvgIpc) is 3.44. The molecule has 0 N–H and O–H groups in total. The van der Waals surface area contributed by atoms with E-state index in [1.54, 1.807) is 17.5 Å². The van der Waals surface area contributed by atoms with E-state index in [9.17, 15) is 9.59 Å². The van der Waals surface area contributed by atoms with Crippen molar-refractivity contribution < 1.29 is 14.3 Å². The van der Waals surface area contributed by atoms with Gasteiger partial charge in [0.2, 0.25) is 0 Å². The molecule has 5 rings (SSSR count). The number of benzene rings is 1. The standard InChI is InChI=1S/C28H33N5O3S/c1-20-6-7-23(17-21(20)2)36-18-26(34)32-11-8-22(9-12-32)27-30-24(19-37-27)28(35)33-15-13-31(14-16-33)25-5-3-4-10-29-25/h3-7,10,17,19,22H,8-9,11-16,18H2,1-2H3. The minimum Gasteiger partial charge on any atom is -0.484 e. The number of aromatic nitrogens is 2. The molecule has 0 radical (unpaired) electrons. The van der Waals surface area contributed by atoms with Crippen LogP contribution in [-0.4, -0.2) is 77.5 Å². The third kappa shape index (κ3) is 5.93. The van der Waals surface area contributed by atoms with Gasteiger partial charge in [-0.15, -0.1) is 11.3 Å². The number of carbonyl (C=O) groups excluding carboxylic acids is 2. The van der Waals surface area contributed by atoms with Crippen molar-refractivity contribution in [3.05, 3.63) is 69.8 Å². The molecule has 2 saturated heterocycles. The van der Waals surface area contributed by atoms with Crippen LogP contribution in [0.25, 0.3) is 0 Å². The van der Waals surface area contributed by atoms with Crippen LogP contribution in [0.2, 0.25) is 0 Å². The van der Waals surface area contributed by atoms with Crippen molar-refractivity contribution in [3.63, 3.8) is 0 Å². The zero-order chi connectivity index (χ0) is 25.8. The fraction of sp³-hybridized carbons (Fsp3) is 0.429. The van der Waals surface area contributed by atoms with E-state index in [0.717, 1.165) is 48.1 Å². The largest absolute Gasteiger partial charge is 0.484 e. The summed E-state index contributed by atoms with van der Waals surface area (Å²) < 4.78 is 5.74. The number of nitrogens with zero attached hydrogens (tertiary/aromatic N) is 5. The van der Waals surface area contributed by atoms with Crippen molar-refractivity contribution in [2.45, 2.75) is 32.6 Å². The topological polar surface area (TPSA) is 78.9 Å². The fourth-order valence-corrected chi connectivity index (χ4v) is 5.80. The number of anilines is 1. The average molecular weight is 520 g/mol. The van der Waals surface area contributed by atoms with E-state index in [1.807, 2.05) is 58.5 Å². The van der Waals surface area contributed by atoms with Crippen molar-refractivity contribution in [1.29, 1.82) is 0 Å². The first kappa shape index (κ1) is 25.2. The van der Waals surface area contributed by atoms with Crippen molar-refractivity contribution >= 4 is 29.0 Å². The number of ether oxygens (including phenoxy) is 1. The molecule has 0 aliphatic carbocycles. The third-order valence-corrected chi connectivity index (χ3v) is 8.33. The van der Waals surface area contributed by atoms with E-state index in [2.05, 4.69) is 16.8 Å². The molecule has 0 atom stereocenters. The van der Waals surface area contributed by atoms with Crippen molar-refractivity contribution in [1.82, 2.24) is 19.8 Å². The molecule has 0 spiro atoms. The maximum Gasteiger partial charge on any atom is 0.273 e. The molecular formula is C28H33N5O3S. The molecular weight excluding hydrogens is 486 g/mol. The summed E-state index contributed by atoms with van der Waals surface area (Å²) in [4.78, 5) is 40.9. The van der Waals surface area contributed by atoms with Crippen molar-refractivity contribution in [3.8, 4) is 5.75 Å². The lowest BCUT2D eigenvalue weighted by Gasteiger charge is -2.35. The Labute approximate surface area is 221 Å². The lowest BCUT2D eigenvalue weighted by atomic mass is 9.97. The Morgan fingerprint density at radius 3 is 2.46 bits per heavy atom. The Hall–Kier alpha value is -3.46. The number of carbonyl (C=O) groups is 2. The molecule has 37 heavy (non-hydrogen) atoms. The quantitative estimate of drug-likeness (QED) is 0.492. The Morgan fingerprint density at radius 2 is 1.76 bits per heavy atom. The van der Waals surface area contributed by atoms with Gasteiger partial charge in [-0.25, -0.2) is 9.97 Å². The second kappa shape index (κ2) is 11.3. The summed E-state index contributed by atoms with van der Waals surface area (Å²) in [5.41, 5.74) is 2.89. The van der Waals surface area contributed by atoms with Crippen molar-refractivity contribution in [2.75, 3.05) is 50.8 Å². The van der Waals surface area contributed by atoms with Crippen LogP contribution in [0.1, 0.15) is 45.4 Å². The lowest BCUT2D eigenvalue weighted by molar-refractivity contribution is -0.134. The SMILES string of the molecule is Cc1ccc(OCC(=O)N2CCC(c3nc(C(=O)N4CCN(c5ccccn5)CC4)cs3)CC2)cc1C. The molecule has 1 aromatic carbocycles. The number of hydrogen-bond donors (Lipinski definition) is 0. The molecule has 2 aliphatic heterocycles. The molecule has 8 nitrogen and oxygen atoms in total. The Bertz CT molecular complexity index is 1230. The van der Waals surface area contributed by atoms with E-state index in [-0.39, 0.29) is 24.3 Å². The van der Waals surface area contributed by atoms with E-state index in [1.165, 1.54) is 5.56 Å². The highest BCUT2D eigenvalue weighted by molar-refractivity contribution is 7.09. The molecule has 2 fully saturated rings. The number of piperidine rings is 1. The van der Waals surface area contributed by atoms with Gasteiger partial charge < -0.3 is 19.4 Å². The lowest BCUT2D eigenvalue weighted by Crippen LogP contribution is -2.49. The number of piperazine rings is 1. The third-order valence-electron chi connectivity index (χ3n) is 7.32. The van der Waals surface area contributed by atoms with Gasteiger partial charge in [0.05, 0.1) is 5.01 Å². The molecule has 3 aromatic rings. The van der Waals surface area contributed by atoms with Gasteiger partial charge in [0.1, 0.15) is 17.3 Å².